The van der Waals surface area contributed by atoms with Crippen LogP contribution in [-0.2, 0) is 9.59 Å². The molecular weight excluding hydrogens is 460 g/mol. The summed E-state index contributed by atoms with van der Waals surface area (Å²) < 4.78 is 10.9. The van der Waals surface area contributed by atoms with Crippen LogP contribution >= 0.6 is 0 Å². The second kappa shape index (κ2) is 14.3. The van der Waals surface area contributed by atoms with Gasteiger partial charge in [0.05, 0.1) is 26.6 Å². The molecule has 0 radical (unpaired) electrons. The smallest absolute Gasteiger partial charge is 0.331 e. The standard InChI is InChI=1S/C26H36N6O4/c1-7-31(8-2)21-13-11-19(23(15-21)35-5)17-27-29-25(33)26(34)30-28-18-20-12-14-22(16-24(20)36-6)32(9-3)10-4/h11-18H,7-10H2,1-6H3,(H,29,33)(H,30,34). The predicted molar refractivity (Wildman–Crippen MR) is 145 cm³/mol. The molecule has 0 bridgehead atoms. The Morgan fingerprint density at radius 2 is 1.08 bits per heavy atom. The molecule has 2 aromatic rings. The van der Waals surface area contributed by atoms with Crippen LogP contribution in [0, 0.1) is 0 Å². The van der Waals surface area contributed by atoms with E-state index in [9.17, 15) is 9.59 Å². The Balaban J connectivity index is 1.98. The van der Waals surface area contributed by atoms with Gasteiger partial charge in [0.25, 0.3) is 0 Å². The van der Waals surface area contributed by atoms with Gasteiger partial charge in [-0.3, -0.25) is 9.59 Å². The van der Waals surface area contributed by atoms with Gasteiger partial charge in [-0.05, 0) is 52.0 Å². The summed E-state index contributed by atoms with van der Waals surface area (Å²) in [6.45, 7) is 11.8. The van der Waals surface area contributed by atoms with Crippen molar-refractivity contribution < 1.29 is 19.1 Å². The average Bonchev–Trinajstić information content (AvgIpc) is 2.90. The third kappa shape index (κ3) is 7.46. The molecule has 0 spiro atoms. The van der Waals surface area contributed by atoms with Crippen LogP contribution in [0.15, 0.2) is 46.6 Å². The van der Waals surface area contributed by atoms with E-state index >= 15 is 0 Å². The largest absolute Gasteiger partial charge is 0.496 e. The molecule has 36 heavy (non-hydrogen) atoms. The Morgan fingerprint density at radius 1 is 0.722 bits per heavy atom. The molecule has 2 amide bonds. The van der Waals surface area contributed by atoms with Crippen LogP contribution in [0.4, 0.5) is 11.4 Å². The number of carbonyl (C=O) groups excluding carboxylic acids is 2. The van der Waals surface area contributed by atoms with Crippen molar-refractivity contribution in [2.75, 3.05) is 50.2 Å². The van der Waals surface area contributed by atoms with E-state index in [4.69, 9.17) is 9.47 Å². The summed E-state index contributed by atoms with van der Waals surface area (Å²) in [5.41, 5.74) is 7.75. The summed E-state index contributed by atoms with van der Waals surface area (Å²) in [4.78, 5) is 28.5. The molecule has 10 nitrogen and oxygen atoms in total. The van der Waals surface area contributed by atoms with Crippen molar-refractivity contribution in [3.8, 4) is 11.5 Å². The molecule has 0 unspecified atom stereocenters. The average molecular weight is 497 g/mol. The van der Waals surface area contributed by atoms with Crippen molar-refractivity contribution in [3.63, 3.8) is 0 Å². The molecule has 0 saturated carbocycles. The Hall–Kier alpha value is -4.08. The fourth-order valence-electron chi connectivity index (χ4n) is 3.61. The van der Waals surface area contributed by atoms with E-state index in [2.05, 4.69) is 58.5 Å². The molecule has 0 aliphatic carbocycles. The van der Waals surface area contributed by atoms with Crippen LogP contribution in [0.3, 0.4) is 0 Å². The van der Waals surface area contributed by atoms with Gasteiger partial charge in [0.2, 0.25) is 0 Å². The lowest BCUT2D eigenvalue weighted by molar-refractivity contribution is -0.139. The normalized spacial score (nSPS) is 10.9. The highest BCUT2D eigenvalue weighted by atomic mass is 16.5. The van der Waals surface area contributed by atoms with Crippen molar-refractivity contribution in [1.82, 2.24) is 10.9 Å². The summed E-state index contributed by atoms with van der Waals surface area (Å²) in [5.74, 6) is -0.697. The number of hydrogen-bond donors (Lipinski definition) is 2. The Labute approximate surface area is 212 Å². The third-order valence-corrected chi connectivity index (χ3v) is 5.64. The molecular formula is C26H36N6O4. The van der Waals surface area contributed by atoms with E-state index in [1.807, 2.05) is 36.4 Å². The topological polar surface area (TPSA) is 108 Å². The number of carbonyl (C=O) groups is 2. The van der Waals surface area contributed by atoms with Crippen LogP contribution in [0.5, 0.6) is 11.5 Å². The Kier molecular flexibility index (Phi) is 11.2. The number of methoxy groups -OCH3 is 2. The number of hydrogen-bond acceptors (Lipinski definition) is 8. The van der Waals surface area contributed by atoms with E-state index in [1.54, 1.807) is 14.2 Å². The fourth-order valence-corrected chi connectivity index (χ4v) is 3.61. The van der Waals surface area contributed by atoms with Crippen molar-refractivity contribution in [2.45, 2.75) is 27.7 Å². The highest BCUT2D eigenvalue weighted by molar-refractivity contribution is 6.35. The van der Waals surface area contributed by atoms with Gasteiger partial charge < -0.3 is 19.3 Å². The number of rotatable bonds is 12. The second-order valence-corrected chi connectivity index (χ2v) is 7.60. The van der Waals surface area contributed by atoms with Gasteiger partial charge >= 0.3 is 11.8 Å². The van der Waals surface area contributed by atoms with Gasteiger partial charge in [-0.15, -0.1) is 0 Å². The first kappa shape index (κ1) is 28.2. The maximum Gasteiger partial charge on any atom is 0.331 e. The summed E-state index contributed by atoms with van der Waals surface area (Å²) in [5, 5.41) is 7.73. The minimum Gasteiger partial charge on any atom is -0.496 e. The van der Waals surface area contributed by atoms with Gasteiger partial charge in [-0.25, -0.2) is 10.9 Å². The lowest BCUT2D eigenvalue weighted by Gasteiger charge is -2.22. The number of ether oxygens (including phenoxy) is 2. The van der Waals surface area contributed by atoms with Crippen LogP contribution in [0.1, 0.15) is 38.8 Å². The van der Waals surface area contributed by atoms with Crippen LogP contribution in [-0.4, -0.2) is 64.6 Å². The zero-order valence-electron chi connectivity index (χ0n) is 21.9. The lowest BCUT2D eigenvalue weighted by atomic mass is 10.2. The van der Waals surface area contributed by atoms with Crippen molar-refractivity contribution in [1.29, 1.82) is 0 Å². The lowest BCUT2D eigenvalue weighted by Crippen LogP contribution is -2.35. The zero-order chi connectivity index (χ0) is 26.5. The molecule has 194 valence electrons. The first-order chi connectivity index (χ1) is 17.4. The second-order valence-electron chi connectivity index (χ2n) is 7.60. The van der Waals surface area contributed by atoms with Gasteiger partial charge in [-0.1, -0.05) is 0 Å². The van der Waals surface area contributed by atoms with Crippen molar-refractivity contribution in [3.05, 3.63) is 47.5 Å². The third-order valence-electron chi connectivity index (χ3n) is 5.64. The molecule has 2 N–H and O–H groups in total. The maximum absolute atomic E-state index is 12.1. The first-order valence-corrected chi connectivity index (χ1v) is 11.9. The van der Waals surface area contributed by atoms with E-state index in [0.717, 1.165) is 37.6 Å². The number of amides is 2. The Morgan fingerprint density at radius 3 is 1.39 bits per heavy atom. The van der Waals surface area contributed by atoms with Gasteiger partial charge in [0, 0.05) is 60.8 Å². The SMILES string of the molecule is CCN(CC)c1ccc(C=NNC(=O)C(=O)NN=Cc2ccc(N(CC)CC)cc2OC)c(OC)c1. The highest BCUT2D eigenvalue weighted by Crippen LogP contribution is 2.25. The van der Waals surface area contributed by atoms with Crippen molar-refractivity contribution in [2.24, 2.45) is 10.2 Å². The first-order valence-electron chi connectivity index (χ1n) is 11.9. The maximum atomic E-state index is 12.1. The molecule has 0 aromatic heterocycles. The molecule has 0 saturated heterocycles. The molecule has 0 atom stereocenters. The molecule has 0 aliphatic heterocycles. The molecule has 0 aliphatic rings. The molecule has 10 heteroatoms. The number of anilines is 2. The Bertz CT molecular complexity index is 993. The van der Waals surface area contributed by atoms with Gasteiger partial charge in [0.15, 0.2) is 0 Å². The van der Waals surface area contributed by atoms with Crippen LogP contribution < -0.4 is 30.1 Å². The molecule has 2 aromatic carbocycles. The predicted octanol–water partition coefficient (Wildman–Crippen LogP) is 3.00. The molecule has 2 rings (SSSR count). The summed E-state index contributed by atoms with van der Waals surface area (Å²) in [6.07, 6.45) is 2.84. The van der Waals surface area contributed by atoms with E-state index in [1.165, 1.54) is 12.4 Å². The minimum atomic E-state index is -0.953. The molecule has 0 heterocycles. The van der Waals surface area contributed by atoms with E-state index in [0.29, 0.717) is 22.6 Å². The van der Waals surface area contributed by atoms with Crippen LogP contribution in [0.2, 0.25) is 0 Å². The van der Waals surface area contributed by atoms with Gasteiger partial charge in [-0.2, -0.15) is 10.2 Å². The quantitative estimate of drug-likeness (QED) is 0.266. The molecule has 0 fully saturated rings. The minimum absolute atomic E-state index is 0.604. The van der Waals surface area contributed by atoms with E-state index in [-0.39, 0.29) is 0 Å². The van der Waals surface area contributed by atoms with E-state index < -0.39 is 11.8 Å². The number of nitrogens with one attached hydrogen (secondary N) is 2. The van der Waals surface area contributed by atoms with Gasteiger partial charge in [0.1, 0.15) is 11.5 Å². The summed E-state index contributed by atoms with van der Waals surface area (Å²) in [6, 6.07) is 11.4. The van der Waals surface area contributed by atoms with Crippen LogP contribution in [0.25, 0.3) is 0 Å². The summed E-state index contributed by atoms with van der Waals surface area (Å²) >= 11 is 0. The number of nitrogens with zero attached hydrogens (tertiary/aromatic N) is 4. The summed E-state index contributed by atoms with van der Waals surface area (Å²) in [7, 11) is 3.13. The number of benzene rings is 2. The zero-order valence-corrected chi connectivity index (χ0v) is 21.9. The van der Waals surface area contributed by atoms with Crippen molar-refractivity contribution >= 4 is 35.6 Å². The highest BCUT2D eigenvalue weighted by Gasteiger charge is 2.12. The number of hydrazone groups is 2. The fraction of sp³-hybridized carbons (Fsp3) is 0.385. The monoisotopic (exact) mass is 496 g/mol.